The van der Waals surface area contributed by atoms with Crippen LogP contribution in [0.5, 0.6) is 0 Å². The molecule has 1 amide bonds. The average molecular weight is 385 g/mol. The van der Waals surface area contributed by atoms with Gasteiger partial charge < -0.3 is 20.4 Å². The number of nitrogens with zero attached hydrogens (tertiary/aromatic N) is 7. The van der Waals surface area contributed by atoms with E-state index in [0.717, 1.165) is 39.0 Å². The van der Waals surface area contributed by atoms with Crippen LogP contribution in [0.2, 0.25) is 0 Å². The Hall–Kier alpha value is -3.04. The number of likely N-dealkylation sites (tertiary alicyclic amines) is 1. The van der Waals surface area contributed by atoms with E-state index in [9.17, 15) is 4.79 Å². The van der Waals surface area contributed by atoms with Crippen molar-refractivity contribution in [2.75, 3.05) is 48.3 Å². The lowest BCUT2D eigenvalue weighted by Gasteiger charge is -2.20. The van der Waals surface area contributed by atoms with Gasteiger partial charge in [0.1, 0.15) is 0 Å². The minimum Gasteiger partial charge on any atom is -0.354 e. The van der Waals surface area contributed by atoms with Crippen molar-refractivity contribution in [2.24, 2.45) is 0 Å². The first kappa shape index (κ1) is 19.7. The van der Waals surface area contributed by atoms with E-state index in [1.54, 1.807) is 18.6 Å². The highest BCUT2D eigenvalue weighted by Gasteiger charge is 2.19. The van der Waals surface area contributed by atoms with Crippen molar-refractivity contribution < 1.29 is 4.79 Å². The van der Waals surface area contributed by atoms with Crippen LogP contribution in [0.1, 0.15) is 33.1 Å². The first-order valence-electron chi connectivity index (χ1n) is 9.75. The van der Waals surface area contributed by atoms with E-state index < -0.39 is 0 Å². The van der Waals surface area contributed by atoms with E-state index in [4.69, 9.17) is 0 Å². The zero-order valence-electron chi connectivity index (χ0n) is 16.4. The maximum absolute atomic E-state index is 11.7. The number of nitrogens with one attached hydrogen (secondary N) is 2. The molecule has 28 heavy (non-hydrogen) atoms. The van der Waals surface area contributed by atoms with E-state index in [-0.39, 0.29) is 5.91 Å². The summed E-state index contributed by atoms with van der Waals surface area (Å²) in [6.45, 7) is 8.00. The van der Waals surface area contributed by atoms with Gasteiger partial charge in [0.25, 0.3) is 0 Å². The molecule has 1 aliphatic rings. The number of carbonyl (C=O) groups is 1. The molecule has 0 bridgehead atoms. The first-order valence-corrected chi connectivity index (χ1v) is 9.75. The maximum Gasteiger partial charge on any atom is 0.235 e. The molecule has 3 heterocycles. The number of carbonyl (C=O) groups excluding carboxylic acids is 1. The molecule has 0 saturated carbocycles. The largest absolute Gasteiger partial charge is 0.354 e. The fraction of sp³-hybridized carbons (Fsp3) is 0.556. The van der Waals surface area contributed by atoms with Crippen molar-refractivity contribution in [2.45, 2.75) is 33.1 Å². The third kappa shape index (κ3) is 5.24. The predicted molar refractivity (Wildman–Crippen MR) is 108 cm³/mol. The Morgan fingerprint density at radius 3 is 2.64 bits per heavy atom. The van der Waals surface area contributed by atoms with Gasteiger partial charge in [-0.15, -0.1) is 0 Å². The zero-order valence-corrected chi connectivity index (χ0v) is 16.4. The molecule has 2 aromatic heterocycles. The fourth-order valence-corrected chi connectivity index (χ4v) is 3.04. The topological polar surface area (TPSA) is 112 Å². The number of hydrogen-bond acceptors (Lipinski definition) is 9. The molecule has 0 atom stereocenters. The molecule has 2 aromatic rings. The lowest BCUT2D eigenvalue weighted by atomic mass is 10.4. The van der Waals surface area contributed by atoms with Gasteiger partial charge in [-0.05, 0) is 26.7 Å². The summed E-state index contributed by atoms with van der Waals surface area (Å²) < 4.78 is 0. The Morgan fingerprint density at radius 1 is 1.14 bits per heavy atom. The molecular weight excluding hydrogens is 358 g/mol. The molecule has 10 nitrogen and oxygen atoms in total. The molecule has 10 heteroatoms. The van der Waals surface area contributed by atoms with Crippen LogP contribution in [-0.2, 0) is 4.79 Å². The lowest BCUT2D eigenvalue weighted by molar-refractivity contribution is -0.127. The van der Waals surface area contributed by atoms with Crippen molar-refractivity contribution in [3.63, 3.8) is 0 Å². The Balaban J connectivity index is 1.66. The molecule has 0 spiro atoms. The minimum absolute atomic E-state index is 0.249. The Kier molecular flexibility index (Phi) is 6.88. The van der Waals surface area contributed by atoms with Gasteiger partial charge in [-0.1, -0.05) is 0 Å². The average Bonchev–Trinajstić information content (AvgIpc) is 3.12. The molecule has 1 aliphatic heterocycles. The Bertz CT molecular complexity index is 767. The van der Waals surface area contributed by atoms with Gasteiger partial charge in [0, 0.05) is 51.5 Å². The molecule has 0 aliphatic carbocycles. The van der Waals surface area contributed by atoms with Crippen LogP contribution in [0.4, 0.5) is 23.7 Å². The van der Waals surface area contributed by atoms with Crippen molar-refractivity contribution in [3.8, 4) is 0 Å². The van der Waals surface area contributed by atoms with Crippen LogP contribution in [-0.4, -0.2) is 68.5 Å². The zero-order chi connectivity index (χ0) is 19.8. The van der Waals surface area contributed by atoms with Crippen molar-refractivity contribution in [3.05, 3.63) is 18.6 Å². The molecule has 150 valence electrons. The monoisotopic (exact) mass is 385 g/mol. The number of hydrogen-bond donors (Lipinski definition) is 2. The SMILES string of the molecule is CCN(CC)c1nc(NCCCN2CCCC2=O)nc(Nc2cnccn2)n1. The summed E-state index contributed by atoms with van der Waals surface area (Å²) in [5, 5.41) is 6.32. The van der Waals surface area contributed by atoms with E-state index in [0.29, 0.717) is 36.6 Å². The van der Waals surface area contributed by atoms with Crippen molar-refractivity contribution in [1.82, 2.24) is 29.8 Å². The standard InChI is InChI=1S/C18H27N9O/c1-3-26(4-2)18-24-16(21-8-6-12-27-11-5-7-15(27)28)23-17(25-18)22-14-13-19-9-10-20-14/h9-10,13H,3-8,11-12H2,1-2H3,(H2,20,21,22,23,24,25). The van der Waals surface area contributed by atoms with Gasteiger partial charge in [-0.2, -0.15) is 15.0 Å². The number of amides is 1. The summed E-state index contributed by atoms with van der Waals surface area (Å²) in [5.41, 5.74) is 0. The van der Waals surface area contributed by atoms with E-state index in [2.05, 4.69) is 54.3 Å². The second-order valence-electron chi connectivity index (χ2n) is 6.44. The highest BCUT2D eigenvalue weighted by molar-refractivity contribution is 5.78. The van der Waals surface area contributed by atoms with Crippen LogP contribution in [0, 0.1) is 0 Å². The normalized spacial score (nSPS) is 13.6. The van der Waals surface area contributed by atoms with Crippen LogP contribution < -0.4 is 15.5 Å². The summed E-state index contributed by atoms with van der Waals surface area (Å²) in [4.78, 5) is 37.4. The predicted octanol–water partition coefficient (Wildman–Crippen LogP) is 1.68. The van der Waals surface area contributed by atoms with Gasteiger partial charge in [0.05, 0.1) is 6.20 Å². The van der Waals surface area contributed by atoms with Crippen LogP contribution >= 0.6 is 0 Å². The van der Waals surface area contributed by atoms with Crippen molar-refractivity contribution in [1.29, 1.82) is 0 Å². The van der Waals surface area contributed by atoms with Gasteiger partial charge in [0.2, 0.25) is 23.8 Å². The molecule has 1 saturated heterocycles. The van der Waals surface area contributed by atoms with Gasteiger partial charge in [-0.3, -0.25) is 9.78 Å². The highest BCUT2D eigenvalue weighted by Crippen LogP contribution is 2.16. The van der Waals surface area contributed by atoms with Crippen LogP contribution in [0.15, 0.2) is 18.6 Å². The summed E-state index contributed by atoms with van der Waals surface area (Å²) >= 11 is 0. The Morgan fingerprint density at radius 2 is 1.96 bits per heavy atom. The lowest BCUT2D eigenvalue weighted by Crippen LogP contribution is -2.27. The van der Waals surface area contributed by atoms with E-state index in [1.165, 1.54) is 0 Å². The molecular formula is C18H27N9O. The number of anilines is 4. The van der Waals surface area contributed by atoms with Gasteiger partial charge >= 0.3 is 0 Å². The molecule has 0 radical (unpaired) electrons. The fourth-order valence-electron chi connectivity index (χ4n) is 3.04. The molecule has 2 N–H and O–H groups in total. The number of rotatable bonds is 10. The van der Waals surface area contributed by atoms with Gasteiger partial charge in [-0.25, -0.2) is 4.98 Å². The summed E-state index contributed by atoms with van der Waals surface area (Å²) in [6.07, 6.45) is 7.30. The third-order valence-corrected chi connectivity index (χ3v) is 4.53. The third-order valence-electron chi connectivity index (χ3n) is 4.53. The molecule has 0 unspecified atom stereocenters. The van der Waals surface area contributed by atoms with Gasteiger partial charge in [0.15, 0.2) is 5.82 Å². The minimum atomic E-state index is 0.249. The van der Waals surface area contributed by atoms with Crippen molar-refractivity contribution >= 4 is 29.6 Å². The maximum atomic E-state index is 11.7. The number of aromatic nitrogens is 5. The summed E-state index contributed by atoms with van der Waals surface area (Å²) in [7, 11) is 0. The van der Waals surface area contributed by atoms with E-state index >= 15 is 0 Å². The second kappa shape index (κ2) is 9.77. The molecule has 1 fully saturated rings. The second-order valence-corrected chi connectivity index (χ2v) is 6.44. The van der Waals surface area contributed by atoms with Crippen LogP contribution in [0.25, 0.3) is 0 Å². The van der Waals surface area contributed by atoms with Crippen LogP contribution in [0.3, 0.4) is 0 Å². The quantitative estimate of drug-likeness (QED) is 0.590. The van der Waals surface area contributed by atoms with E-state index in [1.807, 2.05) is 4.90 Å². The summed E-state index contributed by atoms with van der Waals surface area (Å²) in [6, 6.07) is 0. The molecule has 0 aromatic carbocycles. The molecule has 3 rings (SSSR count). The Labute approximate surface area is 164 Å². The first-order chi connectivity index (χ1) is 13.7. The highest BCUT2D eigenvalue weighted by atomic mass is 16.2. The smallest absolute Gasteiger partial charge is 0.235 e. The summed E-state index contributed by atoms with van der Waals surface area (Å²) in [5.74, 6) is 2.33.